The molecule has 1 aromatic rings. The lowest BCUT2D eigenvalue weighted by atomic mass is 10.1. The number of amides is 1. The van der Waals surface area contributed by atoms with Crippen molar-refractivity contribution >= 4 is 5.91 Å². The molecular weight excluding hydrogens is 266 g/mol. The van der Waals surface area contributed by atoms with Crippen LogP contribution >= 0.6 is 0 Å². The molecule has 0 saturated carbocycles. The number of hydrogen-bond donors (Lipinski definition) is 0. The summed E-state index contributed by atoms with van der Waals surface area (Å²) >= 11 is 0. The van der Waals surface area contributed by atoms with Gasteiger partial charge in [0, 0.05) is 25.2 Å². The maximum absolute atomic E-state index is 12.6. The second kappa shape index (κ2) is 5.46. The minimum atomic E-state index is -0.0624. The molecule has 2 saturated heterocycles. The Bertz CT molecular complexity index is 525. The van der Waals surface area contributed by atoms with Crippen molar-refractivity contribution in [3.8, 4) is 0 Å². The van der Waals surface area contributed by atoms with Gasteiger partial charge < -0.3 is 14.2 Å². The summed E-state index contributed by atoms with van der Waals surface area (Å²) in [5, 5.41) is 0. The first-order valence-electron chi connectivity index (χ1n) is 7.72. The van der Waals surface area contributed by atoms with Gasteiger partial charge in [-0.15, -0.1) is 0 Å². The van der Waals surface area contributed by atoms with Crippen LogP contribution in [0.1, 0.15) is 24.9 Å². The molecule has 3 atom stereocenters. The Morgan fingerprint density at radius 3 is 2.71 bits per heavy atom. The summed E-state index contributed by atoms with van der Waals surface area (Å²) in [6.07, 6.45) is 1.07. The van der Waals surface area contributed by atoms with E-state index in [2.05, 4.69) is 28.8 Å². The molecule has 3 unspecified atom stereocenters. The summed E-state index contributed by atoms with van der Waals surface area (Å²) in [6.45, 7) is 6.50. The summed E-state index contributed by atoms with van der Waals surface area (Å²) < 4.78 is 5.67. The van der Waals surface area contributed by atoms with Gasteiger partial charge in [-0.1, -0.05) is 0 Å². The van der Waals surface area contributed by atoms with E-state index in [-0.39, 0.29) is 11.9 Å². The van der Waals surface area contributed by atoms with E-state index in [1.54, 1.807) is 0 Å². The highest BCUT2D eigenvalue weighted by atomic mass is 16.3. The van der Waals surface area contributed by atoms with E-state index in [9.17, 15) is 4.79 Å². The molecule has 1 aromatic heterocycles. The number of hydrogen-bond acceptors (Lipinski definition) is 4. The van der Waals surface area contributed by atoms with Crippen LogP contribution in [0, 0.1) is 6.92 Å². The third-order valence-electron chi connectivity index (χ3n) is 4.91. The van der Waals surface area contributed by atoms with Crippen LogP contribution in [0.25, 0.3) is 0 Å². The highest BCUT2D eigenvalue weighted by Gasteiger charge is 2.44. The monoisotopic (exact) mass is 291 g/mol. The predicted molar refractivity (Wildman–Crippen MR) is 80.9 cm³/mol. The van der Waals surface area contributed by atoms with Crippen LogP contribution in [-0.2, 0) is 11.3 Å². The fraction of sp³-hybridized carbons (Fsp3) is 0.688. The van der Waals surface area contributed by atoms with Crippen molar-refractivity contribution in [1.29, 1.82) is 0 Å². The SMILES string of the molecule is Cc1ccc(CN2CC3CC(N(C)C)CN3C(=O)C2C)o1. The number of furan rings is 1. The molecule has 0 radical (unpaired) electrons. The lowest BCUT2D eigenvalue weighted by molar-refractivity contribution is -0.143. The first-order chi connectivity index (χ1) is 9.95. The fourth-order valence-electron chi connectivity index (χ4n) is 3.51. The molecule has 0 spiro atoms. The average molecular weight is 291 g/mol. The Kier molecular flexibility index (Phi) is 3.80. The van der Waals surface area contributed by atoms with Crippen LogP contribution in [0.2, 0.25) is 0 Å². The normalized spacial score (nSPS) is 30.2. The van der Waals surface area contributed by atoms with Gasteiger partial charge in [0.2, 0.25) is 5.91 Å². The zero-order chi connectivity index (χ0) is 15.1. The minimum Gasteiger partial charge on any atom is -0.465 e. The molecule has 2 aliphatic heterocycles. The van der Waals surface area contributed by atoms with Crippen LogP contribution in [0.15, 0.2) is 16.5 Å². The highest BCUT2D eigenvalue weighted by molar-refractivity contribution is 5.83. The summed E-state index contributed by atoms with van der Waals surface area (Å²) in [7, 11) is 4.20. The van der Waals surface area contributed by atoms with Gasteiger partial charge >= 0.3 is 0 Å². The zero-order valence-corrected chi connectivity index (χ0v) is 13.4. The zero-order valence-electron chi connectivity index (χ0n) is 13.4. The second-order valence-electron chi connectivity index (χ2n) is 6.62. The molecule has 116 valence electrons. The van der Waals surface area contributed by atoms with Crippen molar-refractivity contribution in [3.63, 3.8) is 0 Å². The van der Waals surface area contributed by atoms with E-state index >= 15 is 0 Å². The van der Waals surface area contributed by atoms with Crippen LogP contribution in [0.3, 0.4) is 0 Å². The number of likely N-dealkylation sites (N-methyl/N-ethyl adjacent to an activating group) is 1. The number of piperazine rings is 1. The number of carbonyl (C=O) groups excluding carboxylic acids is 1. The van der Waals surface area contributed by atoms with Crippen molar-refractivity contribution in [3.05, 3.63) is 23.7 Å². The first-order valence-corrected chi connectivity index (χ1v) is 7.72. The lowest BCUT2D eigenvalue weighted by Gasteiger charge is -2.41. The van der Waals surface area contributed by atoms with E-state index in [0.29, 0.717) is 12.1 Å². The number of carbonyl (C=O) groups is 1. The molecule has 1 amide bonds. The first kappa shape index (κ1) is 14.6. The lowest BCUT2D eigenvalue weighted by Crippen LogP contribution is -2.58. The van der Waals surface area contributed by atoms with E-state index < -0.39 is 0 Å². The van der Waals surface area contributed by atoms with Gasteiger partial charge in [0.25, 0.3) is 0 Å². The molecule has 3 rings (SSSR count). The van der Waals surface area contributed by atoms with Crippen LogP contribution in [-0.4, -0.2) is 65.9 Å². The van der Waals surface area contributed by atoms with Crippen molar-refractivity contribution in [1.82, 2.24) is 14.7 Å². The van der Waals surface area contributed by atoms with Crippen LogP contribution in [0.5, 0.6) is 0 Å². The Balaban J connectivity index is 1.72. The van der Waals surface area contributed by atoms with Gasteiger partial charge in [-0.25, -0.2) is 0 Å². The summed E-state index contributed by atoms with van der Waals surface area (Å²) in [5.74, 6) is 2.14. The molecule has 0 bridgehead atoms. The molecule has 21 heavy (non-hydrogen) atoms. The van der Waals surface area contributed by atoms with Gasteiger partial charge in [-0.2, -0.15) is 0 Å². The third-order valence-corrected chi connectivity index (χ3v) is 4.91. The average Bonchev–Trinajstić information content (AvgIpc) is 3.02. The Morgan fingerprint density at radius 2 is 2.10 bits per heavy atom. The Labute approximate surface area is 126 Å². The predicted octanol–water partition coefficient (Wildman–Crippen LogP) is 1.32. The van der Waals surface area contributed by atoms with Gasteiger partial charge in [0.15, 0.2) is 0 Å². The largest absolute Gasteiger partial charge is 0.465 e. The van der Waals surface area contributed by atoms with Crippen LogP contribution < -0.4 is 0 Å². The van der Waals surface area contributed by atoms with Crippen molar-refractivity contribution in [2.75, 3.05) is 27.2 Å². The molecule has 0 aliphatic carbocycles. The van der Waals surface area contributed by atoms with E-state index in [0.717, 1.165) is 37.6 Å². The molecule has 2 fully saturated rings. The topological polar surface area (TPSA) is 39.9 Å². The van der Waals surface area contributed by atoms with Gasteiger partial charge in [-0.05, 0) is 46.5 Å². The molecule has 0 N–H and O–H groups in total. The minimum absolute atomic E-state index is 0.0624. The van der Waals surface area contributed by atoms with Gasteiger partial charge in [-0.3, -0.25) is 9.69 Å². The standard InChI is InChI=1S/C16H25N3O2/c1-11-5-6-15(21-11)10-18-8-14-7-13(17(3)4)9-19(14)16(20)12(18)2/h5-6,12-14H,7-10H2,1-4H3. The van der Waals surface area contributed by atoms with Crippen molar-refractivity contribution in [2.45, 2.75) is 44.9 Å². The van der Waals surface area contributed by atoms with Crippen LogP contribution in [0.4, 0.5) is 0 Å². The summed E-state index contributed by atoms with van der Waals surface area (Å²) in [6, 6.07) is 4.76. The van der Waals surface area contributed by atoms with Gasteiger partial charge in [0.1, 0.15) is 11.5 Å². The second-order valence-corrected chi connectivity index (χ2v) is 6.62. The smallest absolute Gasteiger partial charge is 0.240 e. The molecule has 5 heteroatoms. The van der Waals surface area contributed by atoms with E-state index in [1.165, 1.54) is 0 Å². The van der Waals surface area contributed by atoms with E-state index in [4.69, 9.17) is 4.42 Å². The number of rotatable bonds is 3. The quantitative estimate of drug-likeness (QED) is 0.842. The number of aryl methyl sites for hydroxylation is 1. The van der Waals surface area contributed by atoms with Gasteiger partial charge in [0.05, 0.1) is 12.6 Å². The maximum atomic E-state index is 12.6. The van der Waals surface area contributed by atoms with Crippen molar-refractivity contribution < 1.29 is 9.21 Å². The molecule has 0 aromatic carbocycles. The Hall–Kier alpha value is -1.33. The summed E-state index contributed by atoms with van der Waals surface area (Å²) in [4.78, 5) is 19.2. The molecule has 2 aliphatic rings. The number of fused-ring (bicyclic) bond motifs is 1. The summed E-state index contributed by atoms with van der Waals surface area (Å²) in [5.41, 5.74) is 0. The fourth-order valence-corrected chi connectivity index (χ4v) is 3.51. The Morgan fingerprint density at radius 1 is 1.33 bits per heavy atom. The molecule has 5 nitrogen and oxygen atoms in total. The molecule has 3 heterocycles. The maximum Gasteiger partial charge on any atom is 0.240 e. The molecular formula is C16H25N3O2. The third kappa shape index (κ3) is 2.72. The highest BCUT2D eigenvalue weighted by Crippen LogP contribution is 2.28. The van der Waals surface area contributed by atoms with E-state index in [1.807, 2.05) is 26.0 Å². The van der Waals surface area contributed by atoms with Crippen molar-refractivity contribution in [2.24, 2.45) is 0 Å². The number of nitrogens with zero attached hydrogens (tertiary/aromatic N) is 3.